The third kappa shape index (κ3) is 3.95. The molecule has 0 aromatic heterocycles. The summed E-state index contributed by atoms with van der Waals surface area (Å²) in [7, 11) is 0. The van der Waals surface area contributed by atoms with E-state index >= 15 is 0 Å². The molecule has 1 aromatic carbocycles. The number of nitrogens with zero attached hydrogens (tertiary/aromatic N) is 1. The van der Waals surface area contributed by atoms with Gasteiger partial charge >= 0.3 is 0 Å². The van der Waals surface area contributed by atoms with Crippen LogP contribution < -0.4 is 0 Å². The van der Waals surface area contributed by atoms with Gasteiger partial charge in [0, 0.05) is 29.2 Å². The Hall–Kier alpha value is -0.280. The highest BCUT2D eigenvalue weighted by molar-refractivity contribution is 6.35. The minimum absolute atomic E-state index is 0.156. The fraction of sp³-hybridized carbons (Fsp3) is 0.500. The van der Waals surface area contributed by atoms with Gasteiger partial charge < -0.3 is 5.11 Å². The first-order valence-corrected chi connectivity index (χ1v) is 6.09. The van der Waals surface area contributed by atoms with Crippen molar-refractivity contribution in [1.29, 1.82) is 0 Å². The van der Waals surface area contributed by atoms with Crippen molar-refractivity contribution in [2.75, 3.05) is 13.2 Å². The Morgan fingerprint density at radius 2 is 2.00 bits per heavy atom. The second-order valence-electron chi connectivity index (χ2n) is 4.02. The van der Waals surface area contributed by atoms with Crippen molar-refractivity contribution in [1.82, 2.24) is 4.90 Å². The van der Waals surface area contributed by atoms with Crippen molar-refractivity contribution >= 4 is 23.2 Å². The van der Waals surface area contributed by atoms with Crippen LogP contribution in [0.5, 0.6) is 0 Å². The first kappa shape index (κ1) is 13.8. The lowest BCUT2D eigenvalue weighted by molar-refractivity contribution is 0.159. The maximum absolute atomic E-state index is 8.98. The van der Waals surface area contributed by atoms with Gasteiger partial charge in [-0.05, 0) is 31.5 Å². The molecule has 0 fully saturated rings. The van der Waals surface area contributed by atoms with E-state index in [1.54, 1.807) is 6.07 Å². The summed E-state index contributed by atoms with van der Waals surface area (Å²) in [6.07, 6.45) is 0. The Balaban J connectivity index is 2.77. The Morgan fingerprint density at radius 1 is 1.31 bits per heavy atom. The standard InChI is InChI=1S/C12H17Cl2NO/c1-9(2)15(5-6-16)8-10-3-4-11(13)7-12(10)14/h3-4,7,9,16H,5-6,8H2,1-2H3. The summed E-state index contributed by atoms with van der Waals surface area (Å²) < 4.78 is 0. The zero-order valence-corrected chi connectivity index (χ0v) is 11.1. The summed E-state index contributed by atoms with van der Waals surface area (Å²) in [6, 6.07) is 5.88. The summed E-state index contributed by atoms with van der Waals surface area (Å²) >= 11 is 11.9. The van der Waals surface area contributed by atoms with Gasteiger partial charge in [0.05, 0.1) is 6.61 Å². The van der Waals surface area contributed by atoms with Gasteiger partial charge in [0.1, 0.15) is 0 Å². The highest BCUT2D eigenvalue weighted by Crippen LogP contribution is 2.22. The highest BCUT2D eigenvalue weighted by atomic mass is 35.5. The second-order valence-corrected chi connectivity index (χ2v) is 4.87. The van der Waals surface area contributed by atoms with Gasteiger partial charge in [0.15, 0.2) is 0 Å². The van der Waals surface area contributed by atoms with Crippen molar-refractivity contribution in [3.8, 4) is 0 Å². The molecule has 2 nitrogen and oxygen atoms in total. The number of hydrogen-bond donors (Lipinski definition) is 1. The van der Waals surface area contributed by atoms with Crippen molar-refractivity contribution < 1.29 is 5.11 Å². The van der Waals surface area contributed by atoms with Gasteiger partial charge in [-0.25, -0.2) is 0 Å². The molecule has 0 saturated heterocycles. The number of hydrogen-bond acceptors (Lipinski definition) is 2. The highest BCUT2D eigenvalue weighted by Gasteiger charge is 2.11. The molecule has 0 spiro atoms. The SMILES string of the molecule is CC(C)N(CCO)Cc1ccc(Cl)cc1Cl. The van der Waals surface area contributed by atoms with E-state index in [0.29, 0.717) is 22.6 Å². The molecule has 1 N–H and O–H groups in total. The molecule has 0 amide bonds. The normalized spacial score (nSPS) is 11.4. The van der Waals surface area contributed by atoms with Crippen LogP contribution >= 0.6 is 23.2 Å². The van der Waals surface area contributed by atoms with Gasteiger partial charge in [-0.1, -0.05) is 29.3 Å². The van der Waals surface area contributed by atoms with Crippen LogP contribution in [0, 0.1) is 0 Å². The van der Waals surface area contributed by atoms with Crippen LogP contribution in [0.3, 0.4) is 0 Å². The van der Waals surface area contributed by atoms with Gasteiger partial charge in [0.25, 0.3) is 0 Å². The molecule has 0 aliphatic carbocycles. The molecule has 0 heterocycles. The van der Waals surface area contributed by atoms with E-state index in [4.69, 9.17) is 28.3 Å². The van der Waals surface area contributed by atoms with Crippen molar-refractivity contribution in [2.24, 2.45) is 0 Å². The minimum Gasteiger partial charge on any atom is -0.395 e. The van der Waals surface area contributed by atoms with Gasteiger partial charge in [-0.15, -0.1) is 0 Å². The Kier molecular flexibility index (Phi) is 5.56. The van der Waals surface area contributed by atoms with E-state index in [1.807, 2.05) is 12.1 Å². The van der Waals surface area contributed by atoms with Crippen LogP contribution in [0.25, 0.3) is 0 Å². The monoisotopic (exact) mass is 261 g/mol. The molecule has 0 radical (unpaired) electrons. The average Bonchev–Trinajstić information content (AvgIpc) is 2.20. The molecule has 90 valence electrons. The van der Waals surface area contributed by atoms with Crippen LogP contribution in [0.2, 0.25) is 10.0 Å². The summed E-state index contributed by atoms with van der Waals surface area (Å²) in [4.78, 5) is 2.16. The molecule has 16 heavy (non-hydrogen) atoms. The summed E-state index contributed by atoms with van der Waals surface area (Å²) in [5.41, 5.74) is 1.04. The molecule has 1 rings (SSSR count). The molecule has 4 heteroatoms. The minimum atomic E-state index is 0.156. The lowest BCUT2D eigenvalue weighted by Crippen LogP contribution is -2.32. The van der Waals surface area contributed by atoms with Crippen LogP contribution in [-0.4, -0.2) is 29.2 Å². The average molecular weight is 262 g/mol. The molecule has 0 aliphatic rings. The third-order valence-corrected chi connectivity index (χ3v) is 3.09. The topological polar surface area (TPSA) is 23.5 Å². The molecule has 0 saturated carbocycles. The van der Waals surface area contributed by atoms with Crippen molar-refractivity contribution in [2.45, 2.75) is 26.4 Å². The van der Waals surface area contributed by atoms with Crippen LogP contribution in [0.1, 0.15) is 19.4 Å². The van der Waals surface area contributed by atoms with E-state index in [2.05, 4.69) is 18.7 Å². The van der Waals surface area contributed by atoms with E-state index in [-0.39, 0.29) is 6.61 Å². The molecule has 1 aromatic rings. The van der Waals surface area contributed by atoms with E-state index in [0.717, 1.165) is 12.1 Å². The first-order valence-electron chi connectivity index (χ1n) is 5.33. The number of benzene rings is 1. The molecular weight excluding hydrogens is 245 g/mol. The lowest BCUT2D eigenvalue weighted by atomic mass is 10.2. The zero-order valence-electron chi connectivity index (χ0n) is 9.58. The number of aliphatic hydroxyl groups excluding tert-OH is 1. The maximum Gasteiger partial charge on any atom is 0.0558 e. The maximum atomic E-state index is 8.98. The smallest absolute Gasteiger partial charge is 0.0558 e. The quantitative estimate of drug-likeness (QED) is 0.880. The van der Waals surface area contributed by atoms with Gasteiger partial charge in [-0.3, -0.25) is 4.90 Å². The lowest BCUT2D eigenvalue weighted by Gasteiger charge is -2.26. The Bertz CT molecular complexity index is 342. The van der Waals surface area contributed by atoms with E-state index < -0.39 is 0 Å². The van der Waals surface area contributed by atoms with Gasteiger partial charge in [-0.2, -0.15) is 0 Å². The van der Waals surface area contributed by atoms with Crippen molar-refractivity contribution in [3.05, 3.63) is 33.8 Å². The van der Waals surface area contributed by atoms with Crippen molar-refractivity contribution in [3.63, 3.8) is 0 Å². The number of aliphatic hydroxyl groups is 1. The third-order valence-electron chi connectivity index (χ3n) is 2.51. The molecule has 0 aliphatic heterocycles. The fourth-order valence-electron chi connectivity index (χ4n) is 1.52. The molecule has 0 unspecified atom stereocenters. The predicted octanol–water partition coefficient (Wildman–Crippen LogP) is 3.20. The van der Waals surface area contributed by atoms with E-state index in [9.17, 15) is 0 Å². The first-order chi connectivity index (χ1) is 7.54. The molecule has 0 atom stereocenters. The summed E-state index contributed by atoms with van der Waals surface area (Å²) in [5, 5.41) is 10.3. The second kappa shape index (κ2) is 6.45. The predicted molar refractivity (Wildman–Crippen MR) is 69.1 cm³/mol. The number of rotatable bonds is 5. The Morgan fingerprint density at radius 3 is 2.50 bits per heavy atom. The van der Waals surface area contributed by atoms with Crippen LogP contribution in [-0.2, 0) is 6.54 Å². The number of halogens is 2. The van der Waals surface area contributed by atoms with Crippen LogP contribution in [0.15, 0.2) is 18.2 Å². The largest absolute Gasteiger partial charge is 0.395 e. The fourth-order valence-corrected chi connectivity index (χ4v) is 1.99. The zero-order chi connectivity index (χ0) is 12.1. The summed E-state index contributed by atoms with van der Waals surface area (Å²) in [5.74, 6) is 0. The molecular formula is C12H17Cl2NO. The summed E-state index contributed by atoms with van der Waals surface area (Å²) in [6.45, 7) is 5.73. The molecule has 0 bridgehead atoms. The van der Waals surface area contributed by atoms with E-state index in [1.165, 1.54) is 0 Å². The van der Waals surface area contributed by atoms with Gasteiger partial charge in [0.2, 0.25) is 0 Å². The van der Waals surface area contributed by atoms with Crippen LogP contribution in [0.4, 0.5) is 0 Å². The Labute approximate surface area is 107 Å².